The summed E-state index contributed by atoms with van der Waals surface area (Å²) >= 11 is 0. The van der Waals surface area contributed by atoms with Gasteiger partial charge in [0, 0.05) is 12.2 Å². The van der Waals surface area contributed by atoms with E-state index in [2.05, 4.69) is 30.0 Å². The lowest BCUT2D eigenvalue weighted by molar-refractivity contribution is 0.0600. The number of carbonyl (C=O) groups is 1. The molecule has 0 aromatic heterocycles. The van der Waals surface area contributed by atoms with Crippen LogP contribution in [0.5, 0.6) is 5.75 Å². The fraction of sp³-hybridized carbons (Fsp3) is 0.435. The van der Waals surface area contributed by atoms with E-state index in [0.29, 0.717) is 24.7 Å². The number of hydrogen-bond donors (Lipinski definition) is 0. The van der Waals surface area contributed by atoms with Gasteiger partial charge in [0.25, 0.3) is 0 Å². The standard InChI is InChI=1S/C23H29NO4/c1-17(18-6-5-9-22(15-18)26-2)10-11-21-16-28-13-12-24(21)20-8-4-7-19(14-20)23(25)27-3/h4-9,14-15,17,21H,10-13,16H2,1-3H3/t17-,21?/m0/s1. The van der Waals surface area contributed by atoms with Crippen LogP contribution in [0.4, 0.5) is 5.69 Å². The number of nitrogens with zero attached hydrogens (tertiary/aromatic N) is 1. The van der Waals surface area contributed by atoms with Gasteiger partial charge in [-0.05, 0) is 54.7 Å². The Morgan fingerprint density at radius 3 is 2.82 bits per heavy atom. The third-order valence-corrected chi connectivity index (χ3v) is 5.42. The molecule has 5 heteroatoms. The maximum atomic E-state index is 11.9. The van der Waals surface area contributed by atoms with E-state index in [1.54, 1.807) is 13.2 Å². The Balaban J connectivity index is 1.69. The molecule has 0 aliphatic carbocycles. The summed E-state index contributed by atoms with van der Waals surface area (Å²) in [6.07, 6.45) is 2.06. The summed E-state index contributed by atoms with van der Waals surface area (Å²) in [7, 11) is 3.11. The summed E-state index contributed by atoms with van der Waals surface area (Å²) in [6.45, 7) is 4.47. The number of carbonyl (C=O) groups excluding carboxylic acids is 1. The van der Waals surface area contributed by atoms with Crippen molar-refractivity contribution in [2.24, 2.45) is 0 Å². The molecule has 1 saturated heterocycles. The fourth-order valence-corrected chi connectivity index (χ4v) is 3.72. The number of methoxy groups -OCH3 is 2. The van der Waals surface area contributed by atoms with Crippen LogP contribution in [0.2, 0.25) is 0 Å². The Labute approximate surface area is 167 Å². The van der Waals surface area contributed by atoms with E-state index in [1.807, 2.05) is 24.3 Å². The van der Waals surface area contributed by atoms with Gasteiger partial charge in [0.1, 0.15) is 5.75 Å². The molecular weight excluding hydrogens is 354 g/mol. The van der Waals surface area contributed by atoms with Crippen molar-refractivity contribution in [3.8, 4) is 5.75 Å². The van der Waals surface area contributed by atoms with Crippen molar-refractivity contribution < 1.29 is 19.0 Å². The van der Waals surface area contributed by atoms with E-state index in [1.165, 1.54) is 12.7 Å². The van der Waals surface area contributed by atoms with Crippen LogP contribution in [-0.4, -0.2) is 46.0 Å². The number of anilines is 1. The number of ether oxygens (including phenoxy) is 3. The van der Waals surface area contributed by atoms with E-state index < -0.39 is 0 Å². The SMILES string of the molecule is COC(=O)c1cccc(N2CCOCC2CC[C@H](C)c2cccc(OC)c2)c1. The smallest absolute Gasteiger partial charge is 0.337 e. The molecule has 0 bridgehead atoms. The predicted molar refractivity (Wildman–Crippen MR) is 110 cm³/mol. The van der Waals surface area contributed by atoms with E-state index in [4.69, 9.17) is 14.2 Å². The maximum absolute atomic E-state index is 11.9. The summed E-state index contributed by atoms with van der Waals surface area (Å²) in [4.78, 5) is 14.2. The Hall–Kier alpha value is -2.53. The molecule has 28 heavy (non-hydrogen) atoms. The van der Waals surface area contributed by atoms with Gasteiger partial charge in [-0.25, -0.2) is 4.79 Å². The third kappa shape index (κ3) is 4.84. The van der Waals surface area contributed by atoms with Crippen LogP contribution < -0.4 is 9.64 Å². The van der Waals surface area contributed by atoms with Crippen molar-refractivity contribution in [3.63, 3.8) is 0 Å². The van der Waals surface area contributed by atoms with Crippen molar-refractivity contribution in [2.75, 3.05) is 38.9 Å². The largest absolute Gasteiger partial charge is 0.497 e. The number of morpholine rings is 1. The Morgan fingerprint density at radius 2 is 2.04 bits per heavy atom. The van der Waals surface area contributed by atoms with E-state index >= 15 is 0 Å². The fourth-order valence-electron chi connectivity index (χ4n) is 3.72. The van der Waals surface area contributed by atoms with Crippen molar-refractivity contribution in [1.82, 2.24) is 0 Å². The average molecular weight is 383 g/mol. The zero-order chi connectivity index (χ0) is 19.9. The molecule has 0 radical (unpaired) electrons. The van der Waals surface area contributed by atoms with E-state index in [9.17, 15) is 4.79 Å². The zero-order valence-electron chi connectivity index (χ0n) is 16.9. The highest BCUT2D eigenvalue weighted by molar-refractivity contribution is 5.90. The lowest BCUT2D eigenvalue weighted by atomic mass is 9.93. The molecule has 1 fully saturated rings. The summed E-state index contributed by atoms with van der Waals surface area (Å²) in [6, 6.07) is 16.2. The van der Waals surface area contributed by atoms with Gasteiger partial charge in [0.15, 0.2) is 0 Å². The molecular formula is C23H29NO4. The van der Waals surface area contributed by atoms with Crippen molar-refractivity contribution >= 4 is 11.7 Å². The van der Waals surface area contributed by atoms with Gasteiger partial charge < -0.3 is 19.1 Å². The molecule has 0 amide bonds. The Kier molecular flexibility index (Phi) is 6.93. The molecule has 5 nitrogen and oxygen atoms in total. The van der Waals surface area contributed by atoms with Crippen LogP contribution in [0, 0.1) is 0 Å². The first-order chi connectivity index (χ1) is 13.6. The van der Waals surface area contributed by atoms with Gasteiger partial charge in [0.2, 0.25) is 0 Å². The Morgan fingerprint density at radius 1 is 1.21 bits per heavy atom. The predicted octanol–water partition coefficient (Wildman–Crippen LogP) is 4.27. The van der Waals surface area contributed by atoms with Gasteiger partial charge in [-0.1, -0.05) is 25.1 Å². The van der Waals surface area contributed by atoms with Crippen LogP contribution in [-0.2, 0) is 9.47 Å². The van der Waals surface area contributed by atoms with Gasteiger partial charge >= 0.3 is 5.97 Å². The van der Waals surface area contributed by atoms with Crippen LogP contribution in [0.3, 0.4) is 0 Å². The van der Waals surface area contributed by atoms with Crippen molar-refractivity contribution in [3.05, 3.63) is 59.7 Å². The summed E-state index contributed by atoms with van der Waals surface area (Å²) in [5, 5.41) is 0. The molecule has 150 valence electrons. The van der Waals surface area contributed by atoms with Crippen molar-refractivity contribution in [2.45, 2.75) is 31.7 Å². The summed E-state index contributed by atoms with van der Waals surface area (Å²) in [5.41, 5.74) is 2.91. The van der Waals surface area contributed by atoms with Gasteiger partial charge in [0.05, 0.1) is 39.0 Å². The van der Waals surface area contributed by atoms with Crippen LogP contribution >= 0.6 is 0 Å². The average Bonchev–Trinajstić information content (AvgIpc) is 2.77. The highest BCUT2D eigenvalue weighted by Crippen LogP contribution is 2.28. The molecule has 2 atom stereocenters. The minimum atomic E-state index is -0.307. The molecule has 1 aliphatic heterocycles. The molecule has 0 saturated carbocycles. The lowest BCUT2D eigenvalue weighted by Crippen LogP contribution is -2.45. The second-order valence-corrected chi connectivity index (χ2v) is 7.22. The molecule has 2 aromatic carbocycles. The maximum Gasteiger partial charge on any atom is 0.337 e. The first-order valence-corrected chi connectivity index (χ1v) is 9.79. The van der Waals surface area contributed by atoms with E-state index in [0.717, 1.165) is 30.8 Å². The van der Waals surface area contributed by atoms with Crippen LogP contribution in [0.25, 0.3) is 0 Å². The number of benzene rings is 2. The van der Waals surface area contributed by atoms with Crippen LogP contribution in [0.15, 0.2) is 48.5 Å². The number of hydrogen-bond acceptors (Lipinski definition) is 5. The number of esters is 1. The topological polar surface area (TPSA) is 48.0 Å². The highest BCUT2D eigenvalue weighted by atomic mass is 16.5. The normalized spacial score (nSPS) is 17.8. The summed E-state index contributed by atoms with van der Waals surface area (Å²) in [5.74, 6) is 1.02. The molecule has 2 aromatic rings. The third-order valence-electron chi connectivity index (χ3n) is 5.42. The number of rotatable bonds is 7. The highest BCUT2D eigenvalue weighted by Gasteiger charge is 2.24. The zero-order valence-corrected chi connectivity index (χ0v) is 16.9. The first-order valence-electron chi connectivity index (χ1n) is 9.79. The minimum Gasteiger partial charge on any atom is -0.497 e. The minimum absolute atomic E-state index is 0.287. The molecule has 0 N–H and O–H groups in total. The van der Waals surface area contributed by atoms with Crippen molar-refractivity contribution in [1.29, 1.82) is 0 Å². The van der Waals surface area contributed by atoms with Gasteiger partial charge in [-0.2, -0.15) is 0 Å². The molecule has 1 unspecified atom stereocenters. The quantitative estimate of drug-likeness (QED) is 0.668. The summed E-state index contributed by atoms with van der Waals surface area (Å²) < 4.78 is 16.0. The monoisotopic (exact) mass is 383 g/mol. The second-order valence-electron chi connectivity index (χ2n) is 7.22. The van der Waals surface area contributed by atoms with Gasteiger partial charge in [-0.15, -0.1) is 0 Å². The molecule has 1 heterocycles. The Bertz CT molecular complexity index is 792. The van der Waals surface area contributed by atoms with Gasteiger partial charge in [-0.3, -0.25) is 0 Å². The molecule has 3 rings (SSSR count). The molecule has 1 aliphatic rings. The lowest BCUT2D eigenvalue weighted by Gasteiger charge is -2.38. The first kappa shape index (κ1) is 20.2. The second kappa shape index (κ2) is 9.60. The van der Waals surface area contributed by atoms with Crippen LogP contribution in [0.1, 0.15) is 41.6 Å². The molecule has 0 spiro atoms. The van der Waals surface area contributed by atoms with E-state index in [-0.39, 0.29) is 12.0 Å².